The first kappa shape index (κ1) is 8.10. The Morgan fingerprint density at radius 2 is 2.09 bits per heavy atom. The van der Waals surface area contributed by atoms with E-state index >= 15 is 0 Å². The summed E-state index contributed by atoms with van der Waals surface area (Å²) in [6.07, 6.45) is 0.102. The highest BCUT2D eigenvalue weighted by molar-refractivity contribution is 5.65. The molecule has 0 spiro atoms. The number of carbonyl (C=O) groups is 2. The molecule has 0 aromatic carbocycles. The quantitative estimate of drug-likeness (QED) is 0.539. The van der Waals surface area contributed by atoms with Crippen molar-refractivity contribution in [3.05, 3.63) is 0 Å². The molecule has 0 radical (unpaired) electrons. The molecule has 1 aliphatic heterocycles. The number of hydrogen-bond donors (Lipinski definition) is 0. The second kappa shape index (κ2) is 2.56. The summed E-state index contributed by atoms with van der Waals surface area (Å²) in [7, 11) is 0. The highest BCUT2D eigenvalue weighted by atomic mass is 19.3. The third kappa shape index (κ3) is 1.53. The van der Waals surface area contributed by atoms with E-state index in [1.54, 1.807) is 0 Å². The van der Waals surface area contributed by atoms with Crippen molar-refractivity contribution in [1.29, 1.82) is 0 Å². The molecule has 0 saturated carbocycles. The van der Waals surface area contributed by atoms with Gasteiger partial charge in [0.15, 0.2) is 0 Å². The molecule has 1 rings (SSSR count). The third-order valence-electron chi connectivity index (χ3n) is 1.64. The maximum absolute atomic E-state index is 12.5. The van der Waals surface area contributed by atoms with Gasteiger partial charge in [-0.05, 0) is 0 Å². The molecule has 0 bridgehead atoms. The van der Waals surface area contributed by atoms with E-state index < -0.39 is 24.9 Å². The number of carbonyl (C=O) groups excluding carboxylic acids is 2. The predicted octanol–water partition coefficient (Wildman–Crippen LogP) is 0.0513. The molecule has 62 valence electrons. The van der Waals surface area contributed by atoms with Crippen LogP contribution >= 0.6 is 0 Å². The van der Waals surface area contributed by atoms with Gasteiger partial charge in [0.2, 0.25) is 6.41 Å². The van der Waals surface area contributed by atoms with Crippen LogP contribution < -0.4 is 0 Å². The van der Waals surface area contributed by atoms with Gasteiger partial charge >= 0.3 is 0 Å². The summed E-state index contributed by atoms with van der Waals surface area (Å²) in [6, 6.07) is -0.942. The van der Waals surface area contributed by atoms with Gasteiger partial charge in [0.1, 0.15) is 6.29 Å². The standard InChI is InChI=1S/C6H7F2NO2/c7-6(8)1-5(2-10)9(3-6)4-11/h2,4-5H,1,3H2. The zero-order valence-corrected chi connectivity index (χ0v) is 5.67. The normalized spacial score (nSPS) is 28.5. The van der Waals surface area contributed by atoms with E-state index in [4.69, 9.17) is 0 Å². The molecule has 3 nitrogen and oxygen atoms in total. The van der Waals surface area contributed by atoms with Gasteiger partial charge in [-0.25, -0.2) is 8.78 Å². The fraction of sp³-hybridized carbons (Fsp3) is 0.667. The van der Waals surface area contributed by atoms with E-state index in [0.29, 0.717) is 6.29 Å². The predicted molar refractivity (Wildman–Crippen MR) is 32.2 cm³/mol. The number of halogens is 2. The maximum Gasteiger partial charge on any atom is 0.267 e. The van der Waals surface area contributed by atoms with Crippen LogP contribution in [0.5, 0.6) is 0 Å². The Kier molecular flexibility index (Phi) is 1.89. The Morgan fingerprint density at radius 3 is 2.45 bits per heavy atom. The minimum absolute atomic E-state index is 0.278. The molecule has 0 N–H and O–H groups in total. The van der Waals surface area contributed by atoms with Gasteiger partial charge in [0.25, 0.3) is 5.92 Å². The summed E-state index contributed by atoms with van der Waals surface area (Å²) >= 11 is 0. The van der Waals surface area contributed by atoms with Crippen LogP contribution in [0.2, 0.25) is 0 Å². The lowest BCUT2D eigenvalue weighted by molar-refractivity contribution is -0.124. The van der Waals surface area contributed by atoms with Gasteiger partial charge in [0.05, 0.1) is 12.6 Å². The lowest BCUT2D eigenvalue weighted by Gasteiger charge is -2.11. The fourth-order valence-corrected chi connectivity index (χ4v) is 1.11. The van der Waals surface area contributed by atoms with Crippen LogP contribution in [0.1, 0.15) is 6.42 Å². The summed E-state index contributed by atoms with van der Waals surface area (Å²) < 4.78 is 24.9. The van der Waals surface area contributed by atoms with Crippen molar-refractivity contribution in [1.82, 2.24) is 4.90 Å². The van der Waals surface area contributed by atoms with Gasteiger partial charge in [-0.2, -0.15) is 0 Å². The van der Waals surface area contributed by atoms with Crippen molar-refractivity contribution in [2.24, 2.45) is 0 Å². The lowest BCUT2D eigenvalue weighted by atomic mass is 10.2. The molecule has 1 fully saturated rings. The first-order valence-electron chi connectivity index (χ1n) is 3.13. The summed E-state index contributed by atoms with van der Waals surface area (Å²) in [6.45, 7) is -0.639. The van der Waals surface area contributed by atoms with Crippen LogP contribution in [0, 0.1) is 0 Å². The molecule has 1 unspecified atom stereocenters. The zero-order chi connectivity index (χ0) is 8.48. The largest absolute Gasteiger partial charge is 0.329 e. The Bertz CT molecular complexity index is 165. The molecule has 1 aliphatic rings. The van der Waals surface area contributed by atoms with E-state index in [0.717, 1.165) is 4.90 Å². The number of nitrogens with zero attached hydrogens (tertiary/aromatic N) is 1. The Hall–Kier alpha value is -1.00. The van der Waals surface area contributed by atoms with E-state index in [2.05, 4.69) is 0 Å². The topological polar surface area (TPSA) is 37.4 Å². The Morgan fingerprint density at radius 1 is 1.45 bits per heavy atom. The van der Waals surface area contributed by atoms with Crippen molar-refractivity contribution in [3.63, 3.8) is 0 Å². The molecule has 0 aromatic heterocycles. The molecular weight excluding hydrogens is 156 g/mol. The Balaban J connectivity index is 2.69. The van der Waals surface area contributed by atoms with E-state index in [9.17, 15) is 18.4 Å². The molecule has 5 heteroatoms. The summed E-state index contributed by atoms with van der Waals surface area (Å²) in [5, 5.41) is 0. The molecule has 1 heterocycles. The number of amides is 1. The van der Waals surface area contributed by atoms with Crippen LogP contribution in [0.4, 0.5) is 8.78 Å². The van der Waals surface area contributed by atoms with Gasteiger partial charge in [0, 0.05) is 6.42 Å². The molecule has 1 saturated heterocycles. The number of alkyl halides is 2. The van der Waals surface area contributed by atoms with Crippen LogP contribution in [0.25, 0.3) is 0 Å². The first-order chi connectivity index (χ1) is 5.09. The highest BCUT2D eigenvalue weighted by Gasteiger charge is 2.44. The van der Waals surface area contributed by atoms with Crippen molar-refractivity contribution in [3.8, 4) is 0 Å². The number of rotatable bonds is 2. The monoisotopic (exact) mass is 163 g/mol. The van der Waals surface area contributed by atoms with E-state index in [1.165, 1.54) is 0 Å². The van der Waals surface area contributed by atoms with Crippen LogP contribution in [-0.2, 0) is 9.59 Å². The van der Waals surface area contributed by atoms with E-state index in [1.807, 2.05) is 0 Å². The molecule has 0 aliphatic carbocycles. The van der Waals surface area contributed by atoms with Crippen LogP contribution in [-0.4, -0.2) is 36.1 Å². The molecule has 1 atom stereocenters. The van der Waals surface area contributed by atoms with Gasteiger partial charge in [-0.3, -0.25) is 4.79 Å². The SMILES string of the molecule is O=CC1CC(F)(F)CN1C=O. The molecule has 0 aromatic rings. The average molecular weight is 163 g/mol. The first-order valence-corrected chi connectivity index (χ1v) is 3.13. The van der Waals surface area contributed by atoms with Crippen molar-refractivity contribution < 1.29 is 18.4 Å². The van der Waals surface area contributed by atoms with Crippen LogP contribution in [0.3, 0.4) is 0 Å². The molecule has 11 heavy (non-hydrogen) atoms. The van der Waals surface area contributed by atoms with E-state index in [-0.39, 0.29) is 6.41 Å². The second-order valence-corrected chi connectivity index (χ2v) is 2.54. The minimum Gasteiger partial charge on any atom is -0.329 e. The Labute approximate surface area is 62.0 Å². The summed E-state index contributed by atoms with van der Waals surface area (Å²) in [5.41, 5.74) is 0. The van der Waals surface area contributed by atoms with Gasteiger partial charge in [-0.1, -0.05) is 0 Å². The maximum atomic E-state index is 12.5. The zero-order valence-electron chi connectivity index (χ0n) is 5.67. The minimum atomic E-state index is -2.90. The van der Waals surface area contributed by atoms with Gasteiger partial charge < -0.3 is 9.69 Å². The summed E-state index contributed by atoms with van der Waals surface area (Å²) in [4.78, 5) is 21.0. The van der Waals surface area contributed by atoms with Gasteiger partial charge in [-0.15, -0.1) is 0 Å². The fourth-order valence-electron chi connectivity index (χ4n) is 1.11. The number of aldehydes is 1. The molecule has 1 amide bonds. The number of likely N-dealkylation sites (tertiary alicyclic amines) is 1. The second-order valence-electron chi connectivity index (χ2n) is 2.54. The smallest absolute Gasteiger partial charge is 0.267 e. The molecular formula is C6H7F2NO2. The third-order valence-corrected chi connectivity index (χ3v) is 1.64. The lowest BCUT2D eigenvalue weighted by Crippen LogP contribution is -2.29. The van der Waals surface area contributed by atoms with Crippen molar-refractivity contribution in [2.45, 2.75) is 18.4 Å². The summed E-state index contributed by atoms with van der Waals surface area (Å²) in [5.74, 6) is -2.90. The van der Waals surface area contributed by atoms with Crippen LogP contribution in [0.15, 0.2) is 0 Å². The van der Waals surface area contributed by atoms with Crippen molar-refractivity contribution in [2.75, 3.05) is 6.54 Å². The average Bonchev–Trinajstić information content (AvgIpc) is 2.25. The highest BCUT2D eigenvalue weighted by Crippen LogP contribution is 2.29. The number of hydrogen-bond acceptors (Lipinski definition) is 2. The van der Waals surface area contributed by atoms with Crippen molar-refractivity contribution >= 4 is 12.7 Å².